The third-order valence-corrected chi connectivity index (χ3v) is 3.66. The highest BCUT2D eigenvalue weighted by molar-refractivity contribution is 5.74. The lowest BCUT2D eigenvalue weighted by molar-refractivity contribution is -0.146. The summed E-state index contributed by atoms with van der Waals surface area (Å²) in [6.45, 7) is 1.24. The van der Waals surface area contributed by atoms with Gasteiger partial charge in [0, 0.05) is 11.6 Å². The van der Waals surface area contributed by atoms with Crippen molar-refractivity contribution in [1.82, 2.24) is 5.16 Å². The van der Waals surface area contributed by atoms with E-state index in [0.29, 0.717) is 30.4 Å². The van der Waals surface area contributed by atoms with Crippen LogP contribution in [0.2, 0.25) is 0 Å². The number of aromatic nitrogens is 1. The van der Waals surface area contributed by atoms with Crippen molar-refractivity contribution in [3.05, 3.63) is 30.0 Å². The van der Waals surface area contributed by atoms with Crippen LogP contribution >= 0.6 is 0 Å². The molecule has 1 aromatic heterocycles. The molecule has 2 heterocycles. The van der Waals surface area contributed by atoms with Crippen LogP contribution in [0, 0.1) is 5.92 Å². The Bertz CT molecular complexity index is 704. The van der Waals surface area contributed by atoms with Crippen LogP contribution in [0.5, 0.6) is 11.5 Å². The zero-order valence-electron chi connectivity index (χ0n) is 11.9. The van der Waals surface area contributed by atoms with Gasteiger partial charge in [0.05, 0.1) is 5.92 Å². The van der Waals surface area contributed by atoms with Gasteiger partial charge in [-0.3, -0.25) is 4.79 Å². The molecular formula is C16H15NO5. The molecule has 0 atom stereocenters. The molecular weight excluding hydrogens is 286 g/mol. The number of esters is 1. The summed E-state index contributed by atoms with van der Waals surface area (Å²) in [7, 11) is 0. The van der Waals surface area contributed by atoms with E-state index in [0.717, 1.165) is 24.2 Å². The monoisotopic (exact) mass is 301 g/mol. The van der Waals surface area contributed by atoms with Crippen LogP contribution in [0.4, 0.5) is 0 Å². The Labute approximate surface area is 126 Å². The number of ether oxygens (including phenoxy) is 3. The molecule has 2 aromatic rings. The van der Waals surface area contributed by atoms with E-state index in [4.69, 9.17) is 18.7 Å². The minimum absolute atomic E-state index is 0.0872. The van der Waals surface area contributed by atoms with Crippen molar-refractivity contribution < 1.29 is 23.5 Å². The molecule has 6 heteroatoms. The minimum atomic E-state index is -0.149. The van der Waals surface area contributed by atoms with Crippen LogP contribution in [0.15, 0.2) is 28.8 Å². The fourth-order valence-electron chi connectivity index (χ4n) is 2.29. The number of fused-ring (bicyclic) bond motifs is 1. The predicted molar refractivity (Wildman–Crippen MR) is 75.4 cm³/mol. The van der Waals surface area contributed by atoms with Crippen molar-refractivity contribution >= 4 is 5.97 Å². The number of hydrogen-bond acceptors (Lipinski definition) is 6. The zero-order valence-corrected chi connectivity index (χ0v) is 11.9. The molecule has 2 aliphatic rings. The first kappa shape index (κ1) is 13.2. The number of carbonyl (C=O) groups excluding carboxylic acids is 1. The lowest BCUT2D eigenvalue weighted by Crippen LogP contribution is -2.15. The van der Waals surface area contributed by atoms with Crippen molar-refractivity contribution in [2.45, 2.75) is 19.4 Å². The van der Waals surface area contributed by atoms with Crippen LogP contribution < -0.4 is 9.47 Å². The van der Waals surface area contributed by atoms with Crippen molar-refractivity contribution in [3.63, 3.8) is 0 Å². The quantitative estimate of drug-likeness (QED) is 0.808. The number of carbonyl (C=O) groups is 1. The number of rotatable bonds is 4. The highest BCUT2D eigenvalue weighted by atomic mass is 16.6. The molecule has 0 radical (unpaired) electrons. The first-order valence-electron chi connectivity index (χ1n) is 7.32. The summed E-state index contributed by atoms with van der Waals surface area (Å²) >= 11 is 0. The summed E-state index contributed by atoms with van der Waals surface area (Å²) in [6, 6.07) is 7.35. The van der Waals surface area contributed by atoms with E-state index in [2.05, 4.69) is 5.16 Å². The summed E-state index contributed by atoms with van der Waals surface area (Å²) < 4.78 is 21.5. The number of nitrogens with zero attached hydrogens (tertiary/aromatic N) is 1. The molecule has 1 aliphatic heterocycles. The second-order valence-electron chi connectivity index (χ2n) is 5.42. The molecule has 0 bridgehead atoms. The molecule has 0 saturated heterocycles. The third-order valence-electron chi connectivity index (χ3n) is 3.66. The van der Waals surface area contributed by atoms with Crippen LogP contribution in [0.3, 0.4) is 0 Å². The Morgan fingerprint density at radius 3 is 2.82 bits per heavy atom. The van der Waals surface area contributed by atoms with Gasteiger partial charge in [0.1, 0.15) is 25.5 Å². The minimum Gasteiger partial charge on any atom is -0.486 e. The lowest BCUT2D eigenvalue weighted by atomic mass is 10.1. The van der Waals surface area contributed by atoms with Gasteiger partial charge in [0.25, 0.3) is 0 Å². The predicted octanol–water partition coefficient (Wildman–Crippen LogP) is 2.57. The second kappa shape index (κ2) is 5.36. The molecule has 0 spiro atoms. The fraction of sp³-hybridized carbons (Fsp3) is 0.375. The summed E-state index contributed by atoms with van der Waals surface area (Å²) in [5.41, 5.74) is 1.44. The van der Waals surface area contributed by atoms with E-state index in [1.165, 1.54) is 0 Å². The molecule has 1 aliphatic carbocycles. The molecule has 0 amide bonds. The third kappa shape index (κ3) is 2.64. The Balaban J connectivity index is 1.47. The Hall–Kier alpha value is -2.50. The molecule has 1 saturated carbocycles. The lowest BCUT2D eigenvalue weighted by Gasteiger charge is -2.18. The normalized spacial score (nSPS) is 16.4. The van der Waals surface area contributed by atoms with Crippen LogP contribution in [0.1, 0.15) is 18.5 Å². The second-order valence-corrected chi connectivity index (χ2v) is 5.42. The maximum absolute atomic E-state index is 11.5. The van der Waals surface area contributed by atoms with Gasteiger partial charge in [-0.05, 0) is 31.0 Å². The molecule has 6 nitrogen and oxygen atoms in total. The van der Waals surface area contributed by atoms with Gasteiger partial charge < -0.3 is 18.7 Å². The van der Waals surface area contributed by atoms with E-state index in [-0.39, 0.29) is 18.5 Å². The standard InChI is InChI=1S/C16H15NO5/c18-16(10-1-2-10)21-9-12-8-14(22-17-12)11-3-4-13-15(7-11)20-6-5-19-13/h3-4,7-8,10H,1-2,5-6,9H2. The van der Waals surface area contributed by atoms with Crippen LogP contribution in [-0.4, -0.2) is 24.3 Å². The molecule has 1 aromatic carbocycles. The number of benzene rings is 1. The van der Waals surface area contributed by atoms with Crippen LogP contribution in [-0.2, 0) is 16.1 Å². The van der Waals surface area contributed by atoms with Gasteiger partial charge in [-0.25, -0.2) is 0 Å². The first-order chi connectivity index (χ1) is 10.8. The Morgan fingerprint density at radius 2 is 2.00 bits per heavy atom. The van der Waals surface area contributed by atoms with Gasteiger partial charge in [0.2, 0.25) is 0 Å². The molecule has 0 unspecified atom stereocenters. The molecule has 1 fully saturated rings. The van der Waals surface area contributed by atoms with Crippen molar-refractivity contribution in [1.29, 1.82) is 0 Å². The van der Waals surface area contributed by atoms with Crippen molar-refractivity contribution in [2.75, 3.05) is 13.2 Å². The average molecular weight is 301 g/mol. The van der Waals surface area contributed by atoms with Crippen molar-refractivity contribution in [2.24, 2.45) is 5.92 Å². The largest absolute Gasteiger partial charge is 0.486 e. The van der Waals surface area contributed by atoms with E-state index in [9.17, 15) is 4.79 Å². The summed E-state index contributed by atoms with van der Waals surface area (Å²) in [6.07, 6.45) is 1.86. The van der Waals surface area contributed by atoms with Crippen molar-refractivity contribution in [3.8, 4) is 22.8 Å². The van der Waals surface area contributed by atoms with E-state index in [1.807, 2.05) is 18.2 Å². The SMILES string of the molecule is O=C(OCc1cc(-c2ccc3c(c2)OCCO3)on1)C1CC1. The molecule has 0 N–H and O–H groups in total. The smallest absolute Gasteiger partial charge is 0.309 e. The van der Waals surface area contributed by atoms with Crippen LogP contribution in [0.25, 0.3) is 11.3 Å². The Kier molecular flexibility index (Phi) is 3.21. The summed E-state index contributed by atoms with van der Waals surface area (Å²) in [5, 5.41) is 3.93. The van der Waals surface area contributed by atoms with Gasteiger partial charge in [-0.2, -0.15) is 0 Å². The molecule has 4 rings (SSSR count). The fourth-order valence-corrected chi connectivity index (χ4v) is 2.29. The highest BCUT2D eigenvalue weighted by Gasteiger charge is 2.31. The van der Waals surface area contributed by atoms with Gasteiger partial charge in [-0.1, -0.05) is 5.16 Å². The van der Waals surface area contributed by atoms with Gasteiger partial charge >= 0.3 is 5.97 Å². The van der Waals surface area contributed by atoms with E-state index >= 15 is 0 Å². The average Bonchev–Trinajstić information content (AvgIpc) is 3.31. The first-order valence-corrected chi connectivity index (χ1v) is 7.32. The zero-order chi connectivity index (χ0) is 14.9. The number of hydrogen-bond donors (Lipinski definition) is 0. The molecule has 114 valence electrons. The topological polar surface area (TPSA) is 70.8 Å². The van der Waals surface area contributed by atoms with E-state index in [1.54, 1.807) is 6.07 Å². The Morgan fingerprint density at radius 1 is 1.18 bits per heavy atom. The van der Waals surface area contributed by atoms with Gasteiger partial charge in [-0.15, -0.1) is 0 Å². The van der Waals surface area contributed by atoms with E-state index < -0.39 is 0 Å². The summed E-state index contributed by atoms with van der Waals surface area (Å²) in [4.78, 5) is 11.5. The molecule has 22 heavy (non-hydrogen) atoms. The summed E-state index contributed by atoms with van der Waals surface area (Å²) in [5.74, 6) is 1.97. The highest BCUT2D eigenvalue weighted by Crippen LogP contribution is 2.35. The maximum Gasteiger partial charge on any atom is 0.309 e. The maximum atomic E-state index is 11.5. The van der Waals surface area contributed by atoms with Gasteiger partial charge in [0.15, 0.2) is 17.3 Å².